The van der Waals surface area contributed by atoms with Gasteiger partial charge in [-0.1, -0.05) is 12.1 Å². The summed E-state index contributed by atoms with van der Waals surface area (Å²) in [6.45, 7) is -0.364. The Hall–Kier alpha value is -1.76. The number of aliphatic carboxylic acids is 1. The lowest BCUT2D eigenvalue weighted by Gasteiger charge is -2.18. The van der Waals surface area contributed by atoms with Gasteiger partial charge in [-0.3, -0.25) is 9.00 Å². The largest absolute Gasteiger partial charge is 0.479 e. The number of amides is 1. The fraction of sp³-hybridized carbons (Fsp3) is 0.429. The zero-order chi connectivity index (χ0) is 15.6. The normalized spacial score (nSPS) is 23.0. The molecule has 1 fully saturated rings. The van der Waals surface area contributed by atoms with Crippen LogP contribution in [0.5, 0.6) is 0 Å². The molecule has 2 unspecified atom stereocenters. The van der Waals surface area contributed by atoms with Crippen LogP contribution >= 0.6 is 0 Å². The highest BCUT2D eigenvalue weighted by Gasteiger charge is 2.46. The molecule has 2 rings (SSSR count). The van der Waals surface area contributed by atoms with E-state index in [-0.39, 0.29) is 13.0 Å². The van der Waals surface area contributed by atoms with E-state index in [4.69, 9.17) is 5.11 Å². The van der Waals surface area contributed by atoms with Crippen molar-refractivity contribution < 1.29 is 23.3 Å². The van der Waals surface area contributed by atoms with Crippen LogP contribution in [-0.2, 0) is 21.3 Å². The number of carbonyl (C=O) groups is 2. The molecule has 1 aromatic rings. The summed E-state index contributed by atoms with van der Waals surface area (Å²) in [6, 6.07) is 6.64. The quantitative estimate of drug-likeness (QED) is 0.906. The number of halogens is 1. The van der Waals surface area contributed by atoms with E-state index in [9.17, 15) is 18.2 Å². The summed E-state index contributed by atoms with van der Waals surface area (Å²) in [5.41, 5.74) is -1.25. The molecule has 0 saturated carbocycles. The average Bonchev–Trinajstić information content (AvgIpc) is 2.81. The molecule has 114 valence electrons. The summed E-state index contributed by atoms with van der Waals surface area (Å²) in [6.07, 6.45) is 1.37. The molecule has 1 amide bonds. The Bertz CT molecular complexity index is 606. The Morgan fingerprint density at radius 3 is 2.76 bits per heavy atom. The number of likely N-dealkylation sites (tertiary alicyclic amines) is 1. The second-order valence-electron chi connectivity index (χ2n) is 5.17. The van der Waals surface area contributed by atoms with Crippen LogP contribution in [0, 0.1) is 0 Å². The number of carboxylic acid groups (broad SMARTS) is 1. The van der Waals surface area contributed by atoms with Gasteiger partial charge in [0.05, 0.1) is 6.54 Å². The smallest absolute Gasteiger partial charge is 0.343 e. The number of hydrogen-bond donors (Lipinski definition) is 1. The highest BCUT2D eigenvalue weighted by molar-refractivity contribution is 7.83. The minimum atomic E-state index is -2.36. The van der Waals surface area contributed by atoms with Gasteiger partial charge >= 0.3 is 5.97 Å². The highest BCUT2D eigenvalue weighted by atomic mass is 32.2. The Kier molecular flexibility index (Phi) is 4.41. The number of nitrogens with zero attached hydrogens (tertiary/aromatic N) is 1. The van der Waals surface area contributed by atoms with E-state index in [0.29, 0.717) is 11.3 Å². The number of rotatable bonds is 4. The molecule has 1 aliphatic heterocycles. The number of hydrogen-bond acceptors (Lipinski definition) is 3. The molecule has 1 aromatic carbocycles. The summed E-state index contributed by atoms with van der Waals surface area (Å²) in [5.74, 6) is -1.60. The van der Waals surface area contributed by atoms with Crippen molar-refractivity contribution in [3.63, 3.8) is 0 Å². The first-order chi connectivity index (χ1) is 9.82. The van der Waals surface area contributed by atoms with Crippen molar-refractivity contribution in [3.05, 3.63) is 35.4 Å². The van der Waals surface area contributed by atoms with Crippen LogP contribution in [0.1, 0.15) is 22.3 Å². The lowest BCUT2D eigenvalue weighted by atomic mass is 10.1. The fourth-order valence-corrected chi connectivity index (χ4v) is 2.98. The lowest BCUT2D eigenvalue weighted by molar-refractivity contribution is -0.149. The number of carboxylic acids is 1. The summed E-state index contributed by atoms with van der Waals surface area (Å²) in [5, 5.41) is 8.84. The lowest BCUT2D eigenvalue weighted by Crippen LogP contribution is -2.38. The predicted molar refractivity (Wildman–Crippen MR) is 76.2 cm³/mol. The van der Waals surface area contributed by atoms with Crippen molar-refractivity contribution in [2.45, 2.75) is 17.8 Å². The zero-order valence-electron chi connectivity index (χ0n) is 11.5. The van der Waals surface area contributed by atoms with Crippen LogP contribution in [0.25, 0.3) is 0 Å². The van der Waals surface area contributed by atoms with Gasteiger partial charge in [0.25, 0.3) is 5.91 Å². The first-order valence-corrected chi connectivity index (χ1v) is 8.15. The summed E-state index contributed by atoms with van der Waals surface area (Å²) in [7, 11) is -1.02. The number of alkyl halides is 1. The minimum absolute atomic E-state index is 0.0750. The van der Waals surface area contributed by atoms with Gasteiger partial charge < -0.3 is 10.0 Å². The van der Waals surface area contributed by atoms with Crippen LogP contribution < -0.4 is 0 Å². The first kappa shape index (κ1) is 15.6. The van der Waals surface area contributed by atoms with Crippen LogP contribution in [0.3, 0.4) is 0 Å². The molecule has 0 aliphatic carbocycles. The standard InChI is InChI=1S/C14H16FNO4S/c1-21(20)8-10-3-2-4-11(7-10)12(17)16-6-5-14(15,9-16)13(18)19/h2-4,7H,5-6,8-9H2,1H3,(H,18,19). The Morgan fingerprint density at radius 1 is 1.48 bits per heavy atom. The van der Waals surface area contributed by atoms with E-state index in [1.165, 1.54) is 4.90 Å². The maximum absolute atomic E-state index is 14.0. The number of benzene rings is 1. The van der Waals surface area contributed by atoms with Crippen molar-refractivity contribution in [1.29, 1.82) is 0 Å². The Balaban J connectivity index is 2.14. The third-order valence-electron chi connectivity index (χ3n) is 3.43. The van der Waals surface area contributed by atoms with Crippen molar-refractivity contribution in [3.8, 4) is 0 Å². The molecule has 2 atom stereocenters. The molecule has 21 heavy (non-hydrogen) atoms. The third-order valence-corrected chi connectivity index (χ3v) is 4.17. The molecule has 1 heterocycles. The van der Waals surface area contributed by atoms with E-state index < -0.39 is 34.9 Å². The van der Waals surface area contributed by atoms with E-state index in [1.807, 2.05) is 0 Å². The minimum Gasteiger partial charge on any atom is -0.479 e. The summed E-state index contributed by atoms with van der Waals surface area (Å²) < 4.78 is 25.2. The molecule has 0 radical (unpaired) electrons. The monoisotopic (exact) mass is 313 g/mol. The predicted octanol–water partition coefficient (Wildman–Crippen LogP) is 1.20. The van der Waals surface area contributed by atoms with Gasteiger partial charge in [0.15, 0.2) is 0 Å². The molecule has 7 heteroatoms. The Morgan fingerprint density at radius 2 is 2.19 bits per heavy atom. The third kappa shape index (κ3) is 3.47. The SMILES string of the molecule is CS(=O)Cc1cccc(C(=O)N2CCC(F)(C(=O)O)C2)c1. The molecule has 0 aromatic heterocycles. The maximum atomic E-state index is 14.0. The second-order valence-corrected chi connectivity index (χ2v) is 6.60. The van der Waals surface area contributed by atoms with E-state index >= 15 is 0 Å². The maximum Gasteiger partial charge on any atom is 0.343 e. The first-order valence-electron chi connectivity index (χ1n) is 6.42. The van der Waals surface area contributed by atoms with Gasteiger partial charge in [0, 0.05) is 41.3 Å². The molecule has 5 nitrogen and oxygen atoms in total. The molecular weight excluding hydrogens is 297 g/mol. The number of carbonyl (C=O) groups excluding carboxylic acids is 1. The average molecular weight is 313 g/mol. The molecule has 1 N–H and O–H groups in total. The zero-order valence-corrected chi connectivity index (χ0v) is 12.4. The van der Waals surface area contributed by atoms with E-state index in [2.05, 4.69) is 0 Å². The molecular formula is C14H16FNO4S. The van der Waals surface area contributed by atoms with Crippen molar-refractivity contribution >= 4 is 22.7 Å². The van der Waals surface area contributed by atoms with Crippen LogP contribution in [-0.4, -0.2) is 51.1 Å². The van der Waals surface area contributed by atoms with Gasteiger partial charge in [0.2, 0.25) is 5.67 Å². The second kappa shape index (κ2) is 5.93. The van der Waals surface area contributed by atoms with Crippen molar-refractivity contribution in [2.24, 2.45) is 0 Å². The Labute approximate surface area is 124 Å². The van der Waals surface area contributed by atoms with Crippen LogP contribution in [0.15, 0.2) is 24.3 Å². The van der Waals surface area contributed by atoms with Gasteiger partial charge in [-0.05, 0) is 17.7 Å². The van der Waals surface area contributed by atoms with Gasteiger partial charge in [-0.25, -0.2) is 9.18 Å². The van der Waals surface area contributed by atoms with E-state index in [0.717, 1.165) is 5.56 Å². The van der Waals surface area contributed by atoms with E-state index in [1.54, 1.807) is 30.5 Å². The van der Waals surface area contributed by atoms with Crippen molar-refractivity contribution in [2.75, 3.05) is 19.3 Å². The fourth-order valence-electron chi connectivity index (χ4n) is 2.33. The molecule has 1 saturated heterocycles. The summed E-state index contributed by atoms with van der Waals surface area (Å²) in [4.78, 5) is 24.3. The highest BCUT2D eigenvalue weighted by Crippen LogP contribution is 2.27. The molecule has 1 aliphatic rings. The van der Waals surface area contributed by atoms with Gasteiger partial charge in [-0.15, -0.1) is 0 Å². The topological polar surface area (TPSA) is 74.7 Å². The van der Waals surface area contributed by atoms with Crippen LogP contribution in [0.2, 0.25) is 0 Å². The van der Waals surface area contributed by atoms with Crippen LogP contribution in [0.4, 0.5) is 4.39 Å². The molecule has 0 spiro atoms. The van der Waals surface area contributed by atoms with Gasteiger partial charge in [0.1, 0.15) is 0 Å². The van der Waals surface area contributed by atoms with Gasteiger partial charge in [-0.2, -0.15) is 0 Å². The summed E-state index contributed by atoms with van der Waals surface area (Å²) >= 11 is 0. The molecule has 0 bridgehead atoms. The van der Waals surface area contributed by atoms with Crippen molar-refractivity contribution in [1.82, 2.24) is 4.90 Å².